The predicted molar refractivity (Wildman–Crippen MR) is 111 cm³/mol. The zero-order valence-electron chi connectivity index (χ0n) is 17.8. The standard InChI is InChI=1S/C22H20F5N5O2/c23-14-10-30(11-15(14)24)20(33)17-6-3-7-19-29-31(21(34)32(17)19)9-12-8-18(22(25,26)27)28-16-5-2-1-4-13(12)16/h1-2,4-5,8,14-15,17H,3,6-7,9-11H2/t14-,15+,17-/m0/s1. The van der Waals surface area contributed by atoms with Crippen LogP contribution in [-0.2, 0) is 23.9 Å². The number of fused-ring (bicyclic) bond motifs is 2. The fourth-order valence-electron chi connectivity index (χ4n) is 4.67. The topological polar surface area (TPSA) is 73.0 Å². The number of benzene rings is 1. The van der Waals surface area contributed by atoms with Crippen LogP contribution in [0.25, 0.3) is 10.9 Å². The third kappa shape index (κ3) is 3.84. The third-order valence-electron chi connectivity index (χ3n) is 6.32. The first kappa shape index (κ1) is 22.5. The predicted octanol–water partition coefficient (Wildman–Crippen LogP) is 3.06. The molecule has 2 aliphatic rings. The molecule has 34 heavy (non-hydrogen) atoms. The molecule has 0 bridgehead atoms. The lowest BCUT2D eigenvalue weighted by Crippen LogP contribution is -2.42. The highest BCUT2D eigenvalue weighted by molar-refractivity contribution is 5.82. The van der Waals surface area contributed by atoms with Crippen LogP contribution in [0, 0.1) is 0 Å². The zero-order chi connectivity index (χ0) is 24.2. The molecule has 0 saturated carbocycles. The second-order valence-electron chi connectivity index (χ2n) is 8.59. The fourth-order valence-corrected chi connectivity index (χ4v) is 4.67. The smallest absolute Gasteiger partial charge is 0.335 e. The molecule has 3 aromatic rings. The monoisotopic (exact) mass is 481 g/mol. The molecule has 4 heterocycles. The largest absolute Gasteiger partial charge is 0.433 e. The van der Waals surface area contributed by atoms with E-state index in [1.807, 2.05) is 0 Å². The minimum Gasteiger partial charge on any atom is -0.335 e. The summed E-state index contributed by atoms with van der Waals surface area (Å²) in [6, 6.07) is 6.22. The van der Waals surface area contributed by atoms with E-state index in [0.29, 0.717) is 30.5 Å². The molecule has 0 N–H and O–H groups in total. The van der Waals surface area contributed by atoms with E-state index in [9.17, 15) is 31.5 Å². The Bertz CT molecular complexity index is 1310. The van der Waals surface area contributed by atoms with Gasteiger partial charge in [0, 0.05) is 11.8 Å². The lowest BCUT2D eigenvalue weighted by Gasteiger charge is -2.26. The highest BCUT2D eigenvalue weighted by Crippen LogP contribution is 2.31. The zero-order valence-corrected chi connectivity index (χ0v) is 17.8. The maximum Gasteiger partial charge on any atom is 0.433 e. The van der Waals surface area contributed by atoms with Gasteiger partial charge >= 0.3 is 11.9 Å². The summed E-state index contributed by atoms with van der Waals surface area (Å²) < 4.78 is 69.7. The number of para-hydroxylation sites is 1. The Kier molecular flexibility index (Phi) is 5.40. The summed E-state index contributed by atoms with van der Waals surface area (Å²) in [5.74, 6) is -0.240. The van der Waals surface area contributed by atoms with Crippen molar-refractivity contribution in [1.29, 1.82) is 0 Å². The minimum absolute atomic E-state index is 0.132. The van der Waals surface area contributed by atoms with Crippen LogP contribution in [0.4, 0.5) is 22.0 Å². The molecule has 0 radical (unpaired) electrons. The van der Waals surface area contributed by atoms with Crippen LogP contribution >= 0.6 is 0 Å². The van der Waals surface area contributed by atoms with Gasteiger partial charge in [-0.3, -0.25) is 9.36 Å². The molecular formula is C22H20F5N5O2. The Hall–Kier alpha value is -3.31. The van der Waals surface area contributed by atoms with Gasteiger partial charge in [0.25, 0.3) is 0 Å². The Morgan fingerprint density at radius 1 is 1.12 bits per heavy atom. The normalized spacial score (nSPS) is 22.9. The van der Waals surface area contributed by atoms with E-state index in [-0.39, 0.29) is 30.7 Å². The number of amides is 1. The van der Waals surface area contributed by atoms with Crippen molar-refractivity contribution in [1.82, 2.24) is 24.2 Å². The van der Waals surface area contributed by atoms with E-state index in [1.165, 1.54) is 10.6 Å². The first-order valence-corrected chi connectivity index (χ1v) is 10.8. The van der Waals surface area contributed by atoms with E-state index in [4.69, 9.17) is 0 Å². The summed E-state index contributed by atoms with van der Waals surface area (Å²) in [6.45, 7) is -1.01. The van der Waals surface area contributed by atoms with Gasteiger partial charge in [-0.25, -0.2) is 23.2 Å². The molecule has 2 aliphatic heterocycles. The molecule has 1 aromatic carbocycles. The number of pyridine rings is 1. The van der Waals surface area contributed by atoms with Crippen molar-refractivity contribution in [3.8, 4) is 0 Å². The quantitative estimate of drug-likeness (QED) is 0.540. The van der Waals surface area contributed by atoms with Gasteiger partial charge < -0.3 is 4.90 Å². The first-order chi connectivity index (χ1) is 16.1. The summed E-state index contributed by atoms with van der Waals surface area (Å²) in [5, 5.41) is 4.73. The molecule has 1 fully saturated rings. The van der Waals surface area contributed by atoms with Crippen molar-refractivity contribution in [2.75, 3.05) is 13.1 Å². The van der Waals surface area contributed by atoms with Crippen molar-refractivity contribution in [3.05, 3.63) is 57.9 Å². The first-order valence-electron chi connectivity index (χ1n) is 10.8. The van der Waals surface area contributed by atoms with E-state index in [1.54, 1.807) is 18.2 Å². The Morgan fingerprint density at radius 2 is 1.82 bits per heavy atom. The molecule has 1 saturated heterocycles. The van der Waals surface area contributed by atoms with Crippen molar-refractivity contribution in [2.45, 2.75) is 50.4 Å². The number of aryl methyl sites for hydroxylation is 1. The fraction of sp³-hybridized carbons (Fsp3) is 0.455. The third-order valence-corrected chi connectivity index (χ3v) is 6.32. The summed E-state index contributed by atoms with van der Waals surface area (Å²) >= 11 is 0. The van der Waals surface area contributed by atoms with E-state index in [2.05, 4.69) is 10.1 Å². The van der Waals surface area contributed by atoms with E-state index >= 15 is 0 Å². The molecule has 0 spiro atoms. The van der Waals surface area contributed by atoms with Gasteiger partial charge in [0.2, 0.25) is 5.91 Å². The van der Waals surface area contributed by atoms with Crippen molar-refractivity contribution < 1.29 is 26.7 Å². The highest BCUT2D eigenvalue weighted by Gasteiger charge is 2.40. The van der Waals surface area contributed by atoms with Gasteiger partial charge in [0.15, 0.2) is 12.3 Å². The minimum atomic E-state index is -4.67. The lowest BCUT2D eigenvalue weighted by molar-refractivity contribution is -0.141. The number of hydrogen-bond acceptors (Lipinski definition) is 4. The molecule has 1 amide bonds. The lowest BCUT2D eigenvalue weighted by atomic mass is 10.0. The van der Waals surface area contributed by atoms with Crippen LogP contribution in [-0.4, -0.2) is 55.6 Å². The molecule has 5 rings (SSSR count). The molecule has 2 aromatic heterocycles. The summed E-state index contributed by atoms with van der Waals surface area (Å²) in [5.41, 5.74) is -1.40. The van der Waals surface area contributed by atoms with Crippen molar-refractivity contribution >= 4 is 16.8 Å². The van der Waals surface area contributed by atoms with Gasteiger partial charge in [-0.15, -0.1) is 0 Å². The summed E-state index contributed by atoms with van der Waals surface area (Å²) in [6.07, 6.45) is -6.97. The molecule has 0 unspecified atom stereocenters. The molecule has 0 aliphatic carbocycles. The van der Waals surface area contributed by atoms with Gasteiger partial charge in [0.1, 0.15) is 17.6 Å². The average Bonchev–Trinajstić information content (AvgIpc) is 3.31. The van der Waals surface area contributed by atoms with Crippen LogP contribution in [0.2, 0.25) is 0 Å². The van der Waals surface area contributed by atoms with Crippen molar-refractivity contribution in [3.63, 3.8) is 0 Å². The number of likely N-dealkylation sites (tertiary alicyclic amines) is 1. The number of hydrogen-bond donors (Lipinski definition) is 0. The van der Waals surface area contributed by atoms with E-state index < -0.39 is 41.9 Å². The maximum atomic E-state index is 13.6. The number of alkyl halides is 5. The second kappa shape index (κ2) is 8.17. The van der Waals surface area contributed by atoms with Crippen LogP contribution < -0.4 is 5.69 Å². The van der Waals surface area contributed by atoms with Crippen LogP contribution in [0.15, 0.2) is 35.1 Å². The highest BCUT2D eigenvalue weighted by atomic mass is 19.4. The average molecular weight is 481 g/mol. The number of carbonyl (C=O) groups excluding carboxylic acids is 1. The Labute approximate surface area is 189 Å². The number of aromatic nitrogens is 4. The van der Waals surface area contributed by atoms with Gasteiger partial charge in [0.05, 0.1) is 25.2 Å². The van der Waals surface area contributed by atoms with Gasteiger partial charge in [-0.1, -0.05) is 18.2 Å². The SMILES string of the molecule is O=C([C@@H]1CCCc2nn(Cc3cc(C(F)(F)F)nc4ccccc34)c(=O)n21)N1C[C@@H](F)[C@@H](F)C1. The van der Waals surface area contributed by atoms with Crippen LogP contribution in [0.3, 0.4) is 0 Å². The summed E-state index contributed by atoms with van der Waals surface area (Å²) in [7, 11) is 0. The Balaban J connectivity index is 1.52. The van der Waals surface area contributed by atoms with Crippen LogP contribution in [0.1, 0.15) is 36.0 Å². The van der Waals surface area contributed by atoms with Crippen LogP contribution in [0.5, 0.6) is 0 Å². The molecule has 3 atom stereocenters. The van der Waals surface area contributed by atoms with Crippen molar-refractivity contribution in [2.24, 2.45) is 0 Å². The number of carbonyl (C=O) groups is 1. The Morgan fingerprint density at radius 3 is 2.53 bits per heavy atom. The molecule has 180 valence electrons. The number of halogens is 5. The molecular weight excluding hydrogens is 461 g/mol. The van der Waals surface area contributed by atoms with Gasteiger partial charge in [-0.05, 0) is 30.5 Å². The van der Waals surface area contributed by atoms with Gasteiger partial charge in [-0.2, -0.15) is 18.3 Å². The maximum absolute atomic E-state index is 13.6. The second-order valence-corrected chi connectivity index (χ2v) is 8.59. The number of nitrogens with zero attached hydrogens (tertiary/aromatic N) is 5. The molecule has 7 nitrogen and oxygen atoms in total. The van der Waals surface area contributed by atoms with E-state index in [0.717, 1.165) is 15.6 Å². The number of rotatable bonds is 3. The molecule has 12 heteroatoms. The summed E-state index contributed by atoms with van der Waals surface area (Å²) in [4.78, 5) is 30.9.